The molecule has 142 valence electrons. The summed E-state index contributed by atoms with van der Waals surface area (Å²) in [5, 5.41) is 7.05. The zero-order chi connectivity index (χ0) is 19.5. The number of carbonyl (C=O) groups excluding carboxylic acids is 2. The molecule has 0 radical (unpaired) electrons. The van der Waals surface area contributed by atoms with Gasteiger partial charge >= 0.3 is 0 Å². The summed E-state index contributed by atoms with van der Waals surface area (Å²) < 4.78 is 1.76. The number of rotatable bonds is 5. The zero-order valence-electron chi connectivity index (χ0n) is 15.6. The van der Waals surface area contributed by atoms with E-state index in [1.165, 1.54) is 6.33 Å². The van der Waals surface area contributed by atoms with Crippen LogP contribution >= 0.6 is 0 Å². The average molecular weight is 375 g/mol. The molecule has 1 aliphatic heterocycles. The molecule has 3 aromatic rings. The second-order valence-electron chi connectivity index (χ2n) is 6.86. The van der Waals surface area contributed by atoms with E-state index in [0.717, 1.165) is 28.8 Å². The largest absolute Gasteiger partial charge is 0.348 e. The molecule has 7 heteroatoms. The summed E-state index contributed by atoms with van der Waals surface area (Å²) in [4.78, 5) is 29.8. The fraction of sp³-hybridized carbons (Fsp3) is 0.238. The molecule has 1 N–H and O–H groups in total. The highest BCUT2D eigenvalue weighted by atomic mass is 16.2. The number of hydrogen-bond donors (Lipinski definition) is 1. The van der Waals surface area contributed by atoms with Crippen LogP contribution in [0.2, 0.25) is 0 Å². The fourth-order valence-electron chi connectivity index (χ4n) is 3.42. The summed E-state index contributed by atoms with van der Waals surface area (Å²) in [6.07, 6.45) is 3.98. The Kier molecular flexibility index (Phi) is 4.89. The topological polar surface area (TPSA) is 80.1 Å². The van der Waals surface area contributed by atoms with Crippen molar-refractivity contribution in [1.29, 1.82) is 0 Å². The third-order valence-corrected chi connectivity index (χ3v) is 4.90. The molecular weight excluding hydrogens is 354 g/mol. The molecular formula is C21H21N5O2. The molecule has 1 aliphatic rings. The van der Waals surface area contributed by atoms with Crippen molar-refractivity contribution >= 4 is 17.5 Å². The Labute approximate surface area is 163 Å². The van der Waals surface area contributed by atoms with Gasteiger partial charge < -0.3 is 10.2 Å². The lowest BCUT2D eigenvalue weighted by Crippen LogP contribution is -2.26. The van der Waals surface area contributed by atoms with Crippen LogP contribution in [-0.2, 0) is 24.3 Å². The van der Waals surface area contributed by atoms with E-state index in [1.807, 2.05) is 36.4 Å². The van der Waals surface area contributed by atoms with E-state index in [9.17, 15) is 9.59 Å². The van der Waals surface area contributed by atoms with Crippen molar-refractivity contribution in [2.24, 2.45) is 0 Å². The normalized spacial score (nSPS) is 12.7. The van der Waals surface area contributed by atoms with E-state index in [1.54, 1.807) is 28.9 Å². The van der Waals surface area contributed by atoms with E-state index in [-0.39, 0.29) is 11.8 Å². The van der Waals surface area contributed by atoms with Crippen LogP contribution in [0.4, 0.5) is 5.69 Å². The van der Waals surface area contributed by atoms with Gasteiger partial charge in [0.2, 0.25) is 5.91 Å². The van der Waals surface area contributed by atoms with Crippen molar-refractivity contribution in [3.8, 4) is 0 Å². The Hall–Kier alpha value is -3.48. The third-order valence-electron chi connectivity index (χ3n) is 4.90. The fourth-order valence-corrected chi connectivity index (χ4v) is 3.42. The van der Waals surface area contributed by atoms with Crippen LogP contribution in [-0.4, -0.2) is 33.1 Å². The first-order valence-electron chi connectivity index (χ1n) is 9.19. The van der Waals surface area contributed by atoms with Crippen molar-refractivity contribution in [3.05, 3.63) is 77.4 Å². The number of benzene rings is 2. The highest BCUT2D eigenvalue weighted by molar-refractivity contribution is 5.97. The first-order chi connectivity index (χ1) is 13.6. The maximum absolute atomic E-state index is 12.5. The number of nitrogens with one attached hydrogen (secondary N) is 1. The smallest absolute Gasteiger partial charge is 0.251 e. The van der Waals surface area contributed by atoms with Gasteiger partial charge in [-0.2, -0.15) is 5.10 Å². The van der Waals surface area contributed by atoms with E-state index in [2.05, 4.69) is 15.4 Å². The van der Waals surface area contributed by atoms with Gasteiger partial charge in [0.15, 0.2) is 0 Å². The van der Waals surface area contributed by atoms with Gasteiger partial charge in [0.1, 0.15) is 12.7 Å². The monoisotopic (exact) mass is 375 g/mol. The molecule has 0 bridgehead atoms. The summed E-state index contributed by atoms with van der Waals surface area (Å²) in [5.74, 6) is -0.0843. The van der Waals surface area contributed by atoms with Gasteiger partial charge in [-0.1, -0.05) is 24.3 Å². The van der Waals surface area contributed by atoms with Gasteiger partial charge in [-0.25, -0.2) is 9.67 Å². The summed E-state index contributed by atoms with van der Waals surface area (Å²) in [6.45, 7) is 3.36. The first kappa shape index (κ1) is 17.9. The number of carbonyl (C=O) groups is 2. The minimum atomic E-state index is -0.115. The van der Waals surface area contributed by atoms with Crippen LogP contribution in [0, 0.1) is 0 Å². The lowest BCUT2D eigenvalue weighted by molar-refractivity contribution is -0.116. The quantitative estimate of drug-likeness (QED) is 0.741. The molecule has 0 atom stereocenters. The van der Waals surface area contributed by atoms with Gasteiger partial charge in [0.05, 0.1) is 6.54 Å². The number of hydrogen-bond acceptors (Lipinski definition) is 4. The predicted octanol–water partition coefficient (Wildman–Crippen LogP) is 2.17. The minimum Gasteiger partial charge on any atom is -0.348 e. The number of aromatic nitrogens is 3. The zero-order valence-corrected chi connectivity index (χ0v) is 15.6. The SMILES string of the molecule is CC(=O)N1CCc2cc(C(=O)NCc3ccc(Cn4cncn4)cc3)ccc21. The van der Waals surface area contributed by atoms with E-state index >= 15 is 0 Å². The van der Waals surface area contributed by atoms with Crippen LogP contribution in [0.25, 0.3) is 0 Å². The first-order valence-corrected chi connectivity index (χ1v) is 9.19. The number of anilines is 1. The average Bonchev–Trinajstić information content (AvgIpc) is 3.36. The van der Waals surface area contributed by atoms with E-state index in [0.29, 0.717) is 25.2 Å². The highest BCUT2D eigenvalue weighted by Crippen LogP contribution is 2.28. The lowest BCUT2D eigenvalue weighted by Gasteiger charge is -2.14. The summed E-state index contributed by atoms with van der Waals surface area (Å²) in [7, 11) is 0. The Balaban J connectivity index is 1.36. The molecule has 0 unspecified atom stereocenters. The van der Waals surface area contributed by atoms with Gasteiger partial charge in [0, 0.05) is 31.3 Å². The molecule has 0 aliphatic carbocycles. The van der Waals surface area contributed by atoms with Gasteiger partial charge in [-0.05, 0) is 41.3 Å². The second-order valence-corrected chi connectivity index (χ2v) is 6.86. The summed E-state index contributed by atoms with van der Waals surface area (Å²) in [6, 6.07) is 13.6. The van der Waals surface area contributed by atoms with Crippen molar-refractivity contribution in [2.45, 2.75) is 26.4 Å². The number of amides is 2. The summed E-state index contributed by atoms with van der Waals surface area (Å²) in [5.41, 5.74) is 4.72. The van der Waals surface area contributed by atoms with Crippen LogP contribution in [0.1, 0.15) is 34.0 Å². The molecule has 0 saturated heterocycles. The van der Waals surface area contributed by atoms with Crippen molar-refractivity contribution < 1.29 is 9.59 Å². The molecule has 1 aromatic heterocycles. The molecule has 28 heavy (non-hydrogen) atoms. The Morgan fingerprint density at radius 3 is 2.61 bits per heavy atom. The Bertz CT molecular complexity index is 996. The van der Waals surface area contributed by atoms with E-state index < -0.39 is 0 Å². The standard InChI is InChI=1S/C21H21N5O2/c1-15(27)26-9-8-18-10-19(6-7-20(18)26)21(28)23-11-16-2-4-17(5-3-16)12-25-14-22-13-24-25/h2-7,10,13-14H,8-9,11-12H2,1H3,(H,23,28). The van der Waals surface area contributed by atoms with Crippen molar-refractivity contribution in [3.63, 3.8) is 0 Å². The Morgan fingerprint density at radius 1 is 1.11 bits per heavy atom. The van der Waals surface area contributed by atoms with Crippen molar-refractivity contribution in [2.75, 3.05) is 11.4 Å². The van der Waals surface area contributed by atoms with Crippen LogP contribution in [0.5, 0.6) is 0 Å². The van der Waals surface area contributed by atoms with Gasteiger partial charge in [-0.3, -0.25) is 9.59 Å². The molecule has 2 amide bonds. The molecule has 2 heterocycles. The van der Waals surface area contributed by atoms with Crippen LogP contribution in [0.15, 0.2) is 55.1 Å². The number of fused-ring (bicyclic) bond motifs is 1. The summed E-state index contributed by atoms with van der Waals surface area (Å²) >= 11 is 0. The minimum absolute atomic E-state index is 0.0308. The number of nitrogens with zero attached hydrogens (tertiary/aromatic N) is 4. The third kappa shape index (κ3) is 3.78. The molecule has 2 aromatic carbocycles. The molecule has 0 spiro atoms. The molecule has 0 fully saturated rings. The lowest BCUT2D eigenvalue weighted by atomic mass is 10.1. The van der Waals surface area contributed by atoms with Crippen molar-refractivity contribution in [1.82, 2.24) is 20.1 Å². The Morgan fingerprint density at radius 2 is 1.89 bits per heavy atom. The molecule has 7 nitrogen and oxygen atoms in total. The maximum atomic E-state index is 12.5. The highest BCUT2D eigenvalue weighted by Gasteiger charge is 2.23. The van der Waals surface area contributed by atoms with Crippen LogP contribution in [0.3, 0.4) is 0 Å². The predicted molar refractivity (Wildman–Crippen MR) is 105 cm³/mol. The van der Waals surface area contributed by atoms with E-state index in [4.69, 9.17) is 0 Å². The molecule has 4 rings (SSSR count). The van der Waals surface area contributed by atoms with Crippen LogP contribution < -0.4 is 10.2 Å². The second kappa shape index (κ2) is 7.64. The van der Waals surface area contributed by atoms with Gasteiger partial charge in [-0.15, -0.1) is 0 Å². The molecule has 0 saturated carbocycles. The van der Waals surface area contributed by atoms with Gasteiger partial charge in [0.25, 0.3) is 5.91 Å². The maximum Gasteiger partial charge on any atom is 0.251 e.